The first-order valence-electron chi connectivity index (χ1n) is 12.1. The average Bonchev–Trinajstić information content (AvgIpc) is 2.91. The van der Waals surface area contributed by atoms with Crippen LogP contribution in [0.4, 0.5) is 14.5 Å². The third kappa shape index (κ3) is 4.51. The number of hydrogen-bond donors (Lipinski definition) is 3. The van der Waals surface area contributed by atoms with Gasteiger partial charge in [0, 0.05) is 47.9 Å². The second kappa shape index (κ2) is 10.1. The number of phenolic OH excluding ortho intramolecular Hbond substituents is 1. The highest BCUT2D eigenvalue weighted by Crippen LogP contribution is 2.41. The van der Waals surface area contributed by atoms with Crippen LogP contribution in [-0.2, 0) is 4.79 Å². The molecule has 4 aromatic rings. The maximum Gasteiger partial charge on any atom is 0.309 e. The monoisotopic (exact) mass is 514 g/mol. The molecule has 0 saturated carbocycles. The van der Waals surface area contributed by atoms with Crippen molar-refractivity contribution >= 4 is 22.6 Å². The molecule has 1 aromatic heterocycles. The van der Waals surface area contributed by atoms with E-state index in [-0.39, 0.29) is 29.5 Å². The topological polar surface area (TPSA) is 109 Å². The zero-order chi connectivity index (χ0) is 27.0. The van der Waals surface area contributed by atoms with E-state index in [9.17, 15) is 29.1 Å². The number of nitrogens with zero attached hydrogens (tertiary/aromatic N) is 3. The highest BCUT2D eigenvalue weighted by molar-refractivity contribution is 6.02. The van der Waals surface area contributed by atoms with Crippen molar-refractivity contribution in [3.8, 4) is 34.1 Å². The van der Waals surface area contributed by atoms with Gasteiger partial charge in [0.15, 0.2) is 0 Å². The third-order valence-electron chi connectivity index (χ3n) is 7.10. The minimum Gasteiger partial charge on any atom is -0.506 e. The highest BCUT2D eigenvalue weighted by Gasteiger charge is 2.35. The Morgan fingerprint density at radius 1 is 1.11 bits per heavy atom. The number of aliphatic carboxylic acids is 1. The molecular weight excluding hydrogens is 490 g/mol. The Morgan fingerprint density at radius 2 is 1.87 bits per heavy atom. The first-order chi connectivity index (χ1) is 18.3. The normalized spacial score (nSPS) is 17.4. The van der Waals surface area contributed by atoms with Gasteiger partial charge in [0.2, 0.25) is 0 Å². The van der Waals surface area contributed by atoms with Gasteiger partial charge in [-0.15, -0.1) is 0 Å². The molecule has 1 saturated heterocycles. The van der Waals surface area contributed by atoms with Gasteiger partial charge in [-0.1, -0.05) is 18.2 Å². The number of aromatic nitrogens is 1. The predicted octanol–water partition coefficient (Wildman–Crippen LogP) is 4.92. The molecule has 0 radical (unpaired) electrons. The molecule has 2 heterocycles. The second-order valence-corrected chi connectivity index (χ2v) is 9.30. The van der Waals surface area contributed by atoms with Crippen LogP contribution in [0.25, 0.3) is 33.2 Å². The van der Waals surface area contributed by atoms with E-state index in [4.69, 9.17) is 0 Å². The van der Waals surface area contributed by atoms with Crippen LogP contribution in [0.3, 0.4) is 0 Å². The van der Waals surface area contributed by atoms with Crippen LogP contribution in [0.15, 0.2) is 60.8 Å². The molecule has 0 bridgehead atoms. The number of carboxylic acids is 1. The molecule has 5 rings (SSSR count). The van der Waals surface area contributed by atoms with Gasteiger partial charge in [-0.3, -0.25) is 9.78 Å². The zero-order valence-corrected chi connectivity index (χ0v) is 20.4. The van der Waals surface area contributed by atoms with E-state index in [2.05, 4.69) is 10.3 Å². The van der Waals surface area contributed by atoms with Crippen molar-refractivity contribution in [1.82, 2.24) is 10.3 Å². The number of pyridine rings is 1. The van der Waals surface area contributed by atoms with Crippen molar-refractivity contribution in [1.29, 1.82) is 5.26 Å². The Morgan fingerprint density at radius 3 is 2.55 bits per heavy atom. The van der Waals surface area contributed by atoms with Crippen molar-refractivity contribution in [2.75, 3.05) is 25.0 Å². The highest BCUT2D eigenvalue weighted by atomic mass is 19.1. The summed E-state index contributed by atoms with van der Waals surface area (Å²) >= 11 is 0. The summed E-state index contributed by atoms with van der Waals surface area (Å²) in [7, 11) is 1.73. The molecule has 1 aliphatic rings. The van der Waals surface area contributed by atoms with Crippen molar-refractivity contribution in [2.24, 2.45) is 5.92 Å². The number of anilines is 1. The number of fused-ring (bicyclic) bond motifs is 1. The molecule has 0 aliphatic carbocycles. The van der Waals surface area contributed by atoms with Crippen molar-refractivity contribution < 1.29 is 23.8 Å². The molecule has 1 aliphatic heterocycles. The Balaban J connectivity index is 1.76. The van der Waals surface area contributed by atoms with E-state index in [1.807, 2.05) is 11.0 Å². The molecule has 192 valence electrons. The lowest BCUT2D eigenvalue weighted by molar-refractivity contribution is -0.142. The average molecular weight is 515 g/mol. The molecule has 0 spiro atoms. The summed E-state index contributed by atoms with van der Waals surface area (Å²) in [6, 6.07) is 15.2. The summed E-state index contributed by atoms with van der Waals surface area (Å²) in [6.45, 7) is 0.669. The van der Waals surface area contributed by atoms with E-state index in [0.29, 0.717) is 46.2 Å². The second-order valence-electron chi connectivity index (χ2n) is 9.30. The smallest absolute Gasteiger partial charge is 0.309 e. The van der Waals surface area contributed by atoms with E-state index in [1.54, 1.807) is 43.6 Å². The zero-order valence-electron chi connectivity index (χ0n) is 20.4. The fourth-order valence-corrected chi connectivity index (χ4v) is 5.22. The maximum atomic E-state index is 14.3. The van der Waals surface area contributed by atoms with Gasteiger partial charge in [0.05, 0.1) is 22.7 Å². The van der Waals surface area contributed by atoms with Gasteiger partial charge in [0.25, 0.3) is 0 Å². The Hall–Kier alpha value is -4.55. The predicted molar refractivity (Wildman–Crippen MR) is 140 cm³/mol. The number of nitriles is 1. The number of carboxylic acid groups (broad SMARTS) is 1. The standard InChI is InChI=1S/C29H24F2N4O3/c1-33-25-7-8-35(15-24(25)29(37)38)27-22-11-16(21-4-2-3-17(13-32)28(21)36)5-6-26(22)34-14-23(27)18-9-19(30)12-20(31)10-18/h2-6,9-12,14,24-25,33,36H,7-8,15H2,1H3,(H,37,38). The molecule has 38 heavy (non-hydrogen) atoms. The first kappa shape index (κ1) is 25.1. The minimum atomic E-state index is -0.940. The third-order valence-corrected chi connectivity index (χ3v) is 7.10. The molecule has 9 heteroatoms. The summed E-state index contributed by atoms with van der Waals surface area (Å²) < 4.78 is 28.5. The lowest BCUT2D eigenvalue weighted by atomic mass is 9.90. The maximum absolute atomic E-state index is 14.3. The largest absolute Gasteiger partial charge is 0.506 e. The summed E-state index contributed by atoms with van der Waals surface area (Å²) in [5.41, 5.74) is 3.09. The number of benzene rings is 3. The number of phenols is 1. The van der Waals surface area contributed by atoms with Gasteiger partial charge in [-0.2, -0.15) is 5.26 Å². The Bertz CT molecular complexity index is 1580. The number of piperidine rings is 1. The molecular formula is C29H24F2N4O3. The van der Waals surface area contributed by atoms with Gasteiger partial charge in [-0.05, 0) is 54.9 Å². The van der Waals surface area contributed by atoms with Gasteiger partial charge < -0.3 is 20.4 Å². The number of aromatic hydroxyl groups is 1. The van der Waals surface area contributed by atoms with Gasteiger partial charge >= 0.3 is 5.97 Å². The van der Waals surface area contributed by atoms with Crippen LogP contribution >= 0.6 is 0 Å². The van der Waals surface area contributed by atoms with Gasteiger partial charge in [0.1, 0.15) is 23.5 Å². The summed E-state index contributed by atoms with van der Waals surface area (Å²) in [4.78, 5) is 18.6. The number of halogens is 2. The summed E-state index contributed by atoms with van der Waals surface area (Å²) in [6.07, 6.45) is 2.08. The molecule has 2 unspecified atom stereocenters. The quantitative estimate of drug-likeness (QED) is 0.347. The van der Waals surface area contributed by atoms with E-state index in [0.717, 1.165) is 6.07 Å². The van der Waals surface area contributed by atoms with E-state index in [1.165, 1.54) is 18.2 Å². The molecule has 7 nitrogen and oxygen atoms in total. The number of nitrogens with one attached hydrogen (secondary N) is 1. The summed E-state index contributed by atoms with van der Waals surface area (Å²) in [5.74, 6) is -3.29. The van der Waals surface area contributed by atoms with Crippen LogP contribution in [0, 0.1) is 28.9 Å². The van der Waals surface area contributed by atoms with Crippen LogP contribution in [0.1, 0.15) is 12.0 Å². The Kier molecular flexibility index (Phi) is 6.66. The number of hydrogen-bond acceptors (Lipinski definition) is 6. The van der Waals surface area contributed by atoms with Crippen molar-refractivity contribution in [3.63, 3.8) is 0 Å². The molecule has 3 aromatic carbocycles. The molecule has 3 N–H and O–H groups in total. The van der Waals surface area contributed by atoms with Gasteiger partial charge in [-0.25, -0.2) is 8.78 Å². The van der Waals surface area contributed by atoms with Crippen molar-refractivity contribution in [3.05, 3.63) is 78.0 Å². The summed E-state index contributed by atoms with van der Waals surface area (Å²) in [5, 5.41) is 33.6. The van der Waals surface area contributed by atoms with Crippen molar-refractivity contribution in [2.45, 2.75) is 12.5 Å². The van der Waals surface area contributed by atoms with E-state index >= 15 is 0 Å². The SMILES string of the molecule is CNC1CCN(c2c(-c3cc(F)cc(F)c3)cnc3ccc(-c4cccc(C#N)c4O)cc23)CC1C(=O)O. The van der Waals surface area contributed by atoms with Crippen LogP contribution in [0.2, 0.25) is 0 Å². The lowest BCUT2D eigenvalue weighted by Gasteiger charge is -2.39. The molecule has 0 amide bonds. The van der Waals surface area contributed by atoms with Crippen LogP contribution < -0.4 is 10.2 Å². The fourth-order valence-electron chi connectivity index (χ4n) is 5.22. The molecule has 1 fully saturated rings. The lowest BCUT2D eigenvalue weighted by Crippen LogP contribution is -2.51. The minimum absolute atomic E-state index is 0.128. The Labute approximate surface area is 217 Å². The number of carbonyl (C=O) groups is 1. The molecule has 2 atom stereocenters. The fraction of sp³-hybridized carbons (Fsp3) is 0.207. The first-order valence-corrected chi connectivity index (χ1v) is 12.1. The number of rotatable bonds is 5. The van der Waals surface area contributed by atoms with Crippen LogP contribution in [-0.4, -0.2) is 47.3 Å². The van der Waals surface area contributed by atoms with Crippen LogP contribution in [0.5, 0.6) is 5.75 Å². The number of para-hydroxylation sites is 1. The van der Waals surface area contributed by atoms with E-state index < -0.39 is 23.5 Å².